The van der Waals surface area contributed by atoms with E-state index in [0.29, 0.717) is 39.6 Å². The summed E-state index contributed by atoms with van der Waals surface area (Å²) in [4.78, 5) is 0. The fourth-order valence-electron chi connectivity index (χ4n) is 1.79. The fraction of sp³-hybridized carbons (Fsp3) is 0.889. The van der Waals surface area contributed by atoms with E-state index in [-0.39, 0.29) is 0 Å². The molecule has 0 aromatic heterocycles. The van der Waals surface area contributed by atoms with E-state index in [1.807, 2.05) is 6.26 Å². The molecule has 0 aromatic carbocycles. The second kappa shape index (κ2) is 18.5. The summed E-state index contributed by atoms with van der Waals surface area (Å²) in [6.45, 7) is 11.1. The lowest BCUT2D eigenvalue weighted by Crippen LogP contribution is -2.11. The SMILES string of the molecule is CCCCOCCOCCOCCOC=C(CC)CCCC. The van der Waals surface area contributed by atoms with Crippen LogP contribution in [-0.2, 0) is 18.9 Å². The summed E-state index contributed by atoms with van der Waals surface area (Å²) in [5.74, 6) is 0. The lowest BCUT2D eigenvalue weighted by molar-refractivity contribution is 0.00606. The topological polar surface area (TPSA) is 36.9 Å². The Hall–Kier alpha value is -0.580. The molecule has 0 aromatic rings. The highest BCUT2D eigenvalue weighted by atomic mass is 16.6. The van der Waals surface area contributed by atoms with Gasteiger partial charge >= 0.3 is 0 Å². The maximum absolute atomic E-state index is 5.52. The van der Waals surface area contributed by atoms with Gasteiger partial charge in [-0.25, -0.2) is 0 Å². The monoisotopic (exact) mass is 316 g/mol. The summed E-state index contributed by atoms with van der Waals surface area (Å²) in [6, 6.07) is 0. The third-order valence-electron chi connectivity index (χ3n) is 3.29. The number of allylic oxidation sites excluding steroid dienone is 1. The molecule has 0 aliphatic carbocycles. The first-order chi connectivity index (χ1) is 10.8. The first kappa shape index (κ1) is 21.4. The van der Waals surface area contributed by atoms with E-state index in [9.17, 15) is 0 Å². The summed E-state index contributed by atoms with van der Waals surface area (Å²) >= 11 is 0. The molecule has 0 N–H and O–H groups in total. The van der Waals surface area contributed by atoms with E-state index in [0.717, 1.165) is 25.9 Å². The first-order valence-corrected chi connectivity index (χ1v) is 8.87. The highest BCUT2D eigenvalue weighted by Crippen LogP contribution is 2.10. The van der Waals surface area contributed by atoms with Crippen molar-refractivity contribution in [3.8, 4) is 0 Å². The van der Waals surface area contributed by atoms with Gasteiger partial charge in [0.25, 0.3) is 0 Å². The van der Waals surface area contributed by atoms with Gasteiger partial charge in [-0.2, -0.15) is 0 Å². The minimum atomic E-state index is 0.607. The molecule has 4 nitrogen and oxygen atoms in total. The standard InChI is InChI=1S/C18H36O4/c1-4-7-9-18(6-3)17-22-16-15-21-14-13-20-12-11-19-10-8-5-2/h17H,4-16H2,1-3H3. The molecule has 0 rings (SSSR count). The molecule has 0 saturated carbocycles. The average molecular weight is 316 g/mol. The average Bonchev–Trinajstić information content (AvgIpc) is 2.54. The minimum Gasteiger partial charge on any atom is -0.499 e. The van der Waals surface area contributed by atoms with Crippen LogP contribution in [0.2, 0.25) is 0 Å². The number of hydrogen-bond acceptors (Lipinski definition) is 4. The predicted molar refractivity (Wildman–Crippen MR) is 91.2 cm³/mol. The van der Waals surface area contributed by atoms with Crippen molar-refractivity contribution < 1.29 is 18.9 Å². The van der Waals surface area contributed by atoms with Crippen LogP contribution < -0.4 is 0 Å². The van der Waals surface area contributed by atoms with Gasteiger partial charge in [-0.1, -0.05) is 33.6 Å². The van der Waals surface area contributed by atoms with Crippen molar-refractivity contribution in [1.29, 1.82) is 0 Å². The zero-order chi connectivity index (χ0) is 16.3. The number of hydrogen-bond donors (Lipinski definition) is 0. The Balaban J connectivity index is 3.24. The minimum absolute atomic E-state index is 0.607. The summed E-state index contributed by atoms with van der Waals surface area (Å²) in [7, 11) is 0. The van der Waals surface area contributed by atoms with Gasteiger partial charge in [0.05, 0.1) is 39.3 Å². The van der Waals surface area contributed by atoms with Crippen LogP contribution in [-0.4, -0.2) is 46.2 Å². The van der Waals surface area contributed by atoms with Crippen molar-refractivity contribution >= 4 is 0 Å². The largest absolute Gasteiger partial charge is 0.499 e. The molecule has 0 atom stereocenters. The molecule has 0 aliphatic heterocycles. The van der Waals surface area contributed by atoms with Crippen LogP contribution in [0.4, 0.5) is 0 Å². The van der Waals surface area contributed by atoms with Crippen LogP contribution >= 0.6 is 0 Å². The number of unbranched alkanes of at least 4 members (excludes halogenated alkanes) is 2. The summed E-state index contributed by atoms with van der Waals surface area (Å²) < 4.78 is 21.8. The third kappa shape index (κ3) is 15.8. The molecule has 0 amide bonds. The molecule has 0 fully saturated rings. The van der Waals surface area contributed by atoms with Crippen molar-refractivity contribution in [3.05, 3.63) is 11.8 Å². The van der Waals surface area contributed by atoms with Crippen LogP contribution in [0.5, 0.6) is 0 Å². The van der Waals surface area contributed by atoms with Crippen molar-refractivity contribution in [2.24, 2.45) is 0 Å². The normalized spacial score (nSPS) is 11.9. The lowest BCUT2D eigenvalue weighted by Gasteiger charge is -2.08. The van der Waals surface area contributed by atoms with E-state index in [2.05, 4.69) is 20.8 Å². The zero-order valence-corrected chi connectivity index (χ0v) is 14.9. The van der Waals surface area contributed by atoms with E-state index >= 15 is 0 Å². The molecule has 0 saturated heterocycles. The Labute approximate surface area is 137 Å². The number of rotatable bonds is 17. The lowest BCUT2D eigenvalue weighted by atomic mass is 10.1. The number of ether oxygens (including phenoxy) is 4. The van der Waals surface area contributed by atoms with E-state index < -0.39 is 0 Å². The molecule has 4 heteroatoms. The Morgan fingerprint density at radius 2 is 1.23 bits per heavy atom. The van der Waals surface area contributed by atoms with E-state index in [4.69, 9.17) is 18.9 Å². The molecular weight excluding hydrogens is 280 g/mol. The quantitative estimate of drug-likeness (QED) is 0.295. The van der Waals surface area contributed by atoms with Gasteiger partial charge < -0.3 is 18.9 Å². The Morgan fingerprint density at radius 3 is 1.77 bits per heavy atom. The van der Waals surface area contributed by atoms with Crippen molar-refractivity contribution in [3.63, 3.8) is 0 Å². The van der Waals surface area contributed by atoms with Crippen LogP contribution in [0.25, 0.3) is 0 Å². The fourth-order valence-corrected chi connectivity index (χ4v) is 1.79. The maximum atomic E-state index is 5.52. The van der Waals surface area contributed by atoms with Gasteiger partial charge in [0.15, 0.2) is 0 Å². The highest BCUT2D eigenvalue weighted by Gasteiger charge is 1.95. The van der Waals surface area contributed by atoms with Crippen LogP contribution in [0.15, 0.2) is 11.8 Å². The van der Waals surface area contributed by atoms with Gasteiger partial charge in [-0.05, 0) is 31.3 Å². The van der Waals surface area contributed by atoms with Crippen LogP contribution in [0.3, 0.4) is 0 Å². The smallest absolute Gasteiger partial charge is 0.111 e. The summed E-state index contributed by atoms with van der Waals surface area (Å²) in [5.41, 5.74) is 1.38. The zero-order valence-electron chi connectivity index (χ0n) is 14.9. The summed E-state index contributed by atoms with van der Waals surface area (Å²) in [5, 5.41) is 0. The van der Waals surface area contributed by atoms with Gasteiger partial charge in [0, 0.05) is 6.61 Å². The summed E-state index contributed by atoms with van der Waals surface area (Å²) in [6.07, 6.45) is 8.86. The molecular formula is C18H36O4. The van der Waals surface area contributed by atoms with Crippen molar-refractivity contribution in [2.45, 2.75) is 59.3 Å². The third-order valence-corrected chi connectivity index (χ3v) is 3.29. The van der Waals surface area contributed by atoms with Gasteiger partial charge in [0.2, 0.25) is 0 Å². The predicted octanol–water partition coefficient (Wildman–Crippen LogP) is 4.34. The Bertz CT molecular complexity index is 241. The van der Waals surface area contributed by atoms with Crippen LogP contribution in [0.1, 0.15) is 59.3 Å². The van der Waals surface area contributed by atoms with Gasteiger partial charge in [0.1, 0.15) is 6.61 Å². The van der Waals surface area contributed by atoms with Crippen LogP contribution in [0, 0.1) is 0 Å². The maximum Gasteiger partial charge on any atom is 0.111 e. The van der Waals surface area contributed by atoms with Gasteiger partial charge in [-0.15, -0.1) is 0 Å². The molecule has 0 aliphatic rings. The molecule has 0 heterocycles. The Kier molecular flexibility index (Phi) is 18.0. The molecule has 0 unspecified atom stereocenters. The second-order valence-electron chi connectivity index (χ2n) is 5.29. The molecule has 0 radical (unpaired) electrons. The molecule has 22 heavy (non-hydrogen) atoms. The van der Waals surface area contributed by atoms with E-state index in [1.165, 1.54) is 24.8 Å². The molecule has 132 valence electrons. The molecule has 0 bridgehead atoms. The highest BCUT2D eigenvalue weighted by molar-refractivity contribution is 4.96. The van der Waals surface area contributed by atoms with Crippen molar-refractivity contribution in [2.75, 3.05) is 46.2 Å². The van der Waals surface area contributed by atoms with Gasteiger partial charge in [-0.3, -0.25) is 0 Å². The molecule has 0 spiro atoms. The van der Waals surface area contributed by atoms with E-state index in [1.54, 1.807) is 0 Å². The first-order valence-electron chi connectivity index (χ1n) is 8.87. The Morgan fingerprint density at radius 1 is 0.682 bits per heavy atom. The van der Waals surface area contributed by atoms with Crippen molar-refractivity contribution in [1.82, 2.24) is 0 Å². The second-order valence-corrected chi connectivity index (χ2v) is 5.29.